The Kier molecular flexibility index (Phi) is 3.99. The minimum atomic E-state index is -0.767. The largest absolute Gasteiger partial charge is 0.481 e. The van der Waals surface area contributed by atoms with Crippen LogP contribution < -0.4 is 5.32 Å². The van der Waals surface area contributed by atoms with Crippen LogP contribution in [0.25, 0.3) is 0 Å². The molecule has 1 atom stereocenters. The predicted molar refractivity (Wildman–Crippen MR) is 62.6 cm³/mol. The molecule has 0 bridgehead atoms. The van der Waals surface area contributed by atoms with Crippen molar-refractivity contribution in [1.82, 2.24) is 10.2 Å². The quantitative estimate of drug-likeness (QED) is 0.754. The number of carboxylic acid groups (broad SMARTS) is 1. The van der Waals surface area contributed by atoms with Crippen LogP contribution in [0, 0.1) is 0 Å². The summed E-state index contributed by atoms with van der Waals surface area (Å²) >= 11 is 0. The second-order valence-electron chi connectivity index (χ2n) is 4.99. The second-order valence-corrected chi connectivity index (χ2v) is 4.99. The lowest BCUT2D eigenvalue weighted by Crippen LogP contribution is -2.56. The number of carboxylic acids is 1. The molecular weight excluding hydrogens is 220 g/mol. The topological polar surface area (TPSA) is 69.6 Å². The predicted octanol–water partition coefficient (Wildman–Crippen LogP) is 0.594. The number of nitrogens with one attached hydrogen (secondary N) is 1. The molecule has 1 unspecified atom stereocenters. The molecule has 1 saturated carbocycles. The molecule has 0 spiro atoms. The van der Waals surface area contributed by atoms with E-state index in [0.717, 1.165) is 12.8 Å². The van der Waals surface area contributed by atoms with Crippen molar-refractivity contribution in [3.63, 3.8) is 0 Å². The van der Waals surface area contributed by atoms with Gasteiger partial charge in [-0.25, -0.2) is 0 Å². The van der Waals surface area contributed by atoms with Crippen LogP contribution in [0.15, 0.2) is 0 Å². The van der Waals surface area contributed by atoms with Crippen LogP contribution in [-0.4, -0.2) is 47.1 Å². The van der Waals surface area contributed by atoms with Crippen molar-refractivity contribution in [2.45, 2.75) is 50.6 Å². The van der Waals surface area contributed by atoms with Crippen LogP contribution in [0.3, 0.4) is 0 Å². The molecule has 1 saturated heterocycles. The summed E-state index contributed by atoms with van der Waals surface area (Å²) in [5.41, 5.74) is 0. The molecule has 1 heterocycles. The fourth-order valence-corrected chi connectivity index (χ4v) is 2.80. The molecule has 5 heteroatoms. The average molecular weight is 240 g/mol. The number of nitrogens with zero attached hydrogens (tertiary/aromatic N) is 1. The van der Waals surface area contributed by atoms with Gasteiger partial charge in [0.2, 0.25) is 5.91 Å². The number of aliphatic carboxylic acids is 1. The minimum Gasteiger partial charge on any atom is -0.481 e. The number of carbonyl (C=O) groups is 2. The molecule has 2 rings (SSSR count). The van der Waals surface area contributed by atoms with Gasteiger partial charge in [-0.05, 0) is 19.3 Å². The van der Waals surface area contributed by atoms with E-state index in [0.29, 0.717) is 25.6 Å². The van der Waals surface area contributed by atoms with Gasteiger partial charge in [-0.2, -0.15) is 0 Å². The molecule has 0 aromatic carbocycles. The smallest absolute Gasteiger partial charge is 0.303 e. The summed E-state index contributed by atoms with van der Waals surface area (Å²) in [5, 5.41) is 11.8. The molecule has 96 valence electrons. The van der Waals surface area contributed by atoms with E-state index in [1.54, 1.807) is 0 Å². The molecule has 2 fully saturated rings. The van der Waals surface area contributed by atoms with E-state index in [2.05, 4.69) is 5.32 Å². The van der Waals surface area contributed by atoms with Crippen LogP contribution in [0.4, 0.5) is 0 Å². The Morgan fingerprint density at radius 3 is 2.76 bits per heavy atom. The molecule has 2 N–H and O–H groups in total. The van der Waals surface area contributed by atoms with Crippen molar-refractivity contribution in [1.29, 1.82) is 0 Å². The van der Waals surface area contributed by atoms with Crippen LogP contribution in [-0.2, 0) is 9.59 Å². The van der Waals surface area contributed by atoms with Gasteiger partial charge in [0, 0.05) is 25.0 Å². The Morgan fingerprint density at radius 1 is 1.41 bits per heavy atom. The second kappa shape index (κ2) is 5.49. The zero-order chi connectivity index (χ0) is 12.3. The number of carbonyl (C=O) groups excluding carboxylic acids is 1. The average Bonchev–Trinajstić information content (AvgIpc) is 2.81. The highest BCUT2D eigenvalue weighted by molar-refractivity contribution is 5.79. The fraction of sp³-hybridized carbons (Fsp3) is 0.833. The summed E-state index contributed by atoms with van der Waals surface area (Å²) in [6.07, 6.45) is 5.41. The molecule has 0 radical (unpaired) electrons. The van der Waals surface area contributed by atoms with Crippen LogP contribution in [0.1, 0.15) is 38.5 Å². The van der Waals surface area contributed by atoms with Crippen molar-refractivity contribution in [2.75, 3.05) is 13.1 Å². The first-order valence-electron chi connectivity index (χ1n) is 6.41. The summed E-state index contributed by atoms with van der Waals surface area (Å²) < 4.78 is 0. The van der Waals surface area contributed by atoms with Crippen molar-refractivity contribution < 1.29 is 14.7 Å². The summed E-state index contributed by atoms with van der Waals surface area (Å²) in [4.78, 5) is 24.3. The normalized spacial score (nSPS) is 26.5. The number of hydrogen-bond donors (Lipinski definition) is 2. The zero-order valence-corrected chi connectivity index (χ0v) is 10.0. The Morgan fingerprint density at radius 2 is 2.12 bits per heavy atom. The molecule has 5 nitrogen and oxygen atoms in total. The fourth-order valence-electron chi connectivity index (χ4n) is 2.80. The van der Waals surface area contributed by atoms with Crippen LogP contribution >= 0.6 is 0 Å². The van der Waals surface area contributed by atoms with E-state index < -0.39 is 5.97 Å². The molecule has 1 aliphatic heterocycles. The Balaban J connectivity index is 1.87. The third-order valence-corrected chi connectivity index (χ3v) is 3.75. The summed E-state index contributed by atoms with van der Waals surface area (Å²) in [6.45, 7) is 1.04. The minimum absolute atomic E-state index is 0.143. The molecular formula is C12H20N2O3. The zero-order valence-electron chi connectivity index (χ0n) is 10.0. The summed E-state index contributed by atoms with van der Waals surface area (Å²) in [6, 6.07) is 0.543. The number of amides is 1. The van der Waals surface area contributed by atoms with Crippen molar-refractivity contribution in [3.05, 3.63) is 0 Å². The lowest BCUT2D eigenvalue weighted by Gasteiger charge is -2.37. The molecule has 0 aromatic rings. The first-order chi connectivity index (χ1) is 8.16. The van der Waals surface area contributed by atoms with E-state index in [1.165, 1.54) is 12.8 Å². The highest BCUT2D eigenvalue weighted by atomic mass is 16.4. The van der Waals surface area contributed by atoms with Gasteiger partial charge in [0.15, 0.2) is 0 Å². The Labute approximate surface area is 101 Å². The van der Waals surface area contributed by atoms with Gasteiger partial charge < -0.3 is 15.3 Å². The van der Waals surface area contributed by atoms with Crippen molar-refractivity contribution >= 4 is 11.9 Å². The van der Waals surface area contributed by atoms with E-state index in [1.807, 2.05) is 4.90 Å². The lowest BCUT2D eigenvalue weighted by molar-refractivity contribution is -0.137. The number of hydrogen-bond acceptors (Lipinski definition) is 3. The number of piperazine rings is 1. The van der Waals surface area contributed by atoms with Crippen molar-refractivity contribution in [2.24, 2.45) is 0 Å². The Hall–Kier alpha value is -1.10. The van der Waals surface area contributed by atoms with E-state index in [-0.39, 0.29) is 18.4 Å². The first-order valence-corrected chi connectivity index (χ1v) is 6.41. The van der Waals surface area contributed by atoms with E-state index in [4.69, 9.17) is 5.11 Å². The van der Waals surface area contributed by atoms with Crippen LogP contribution in [0.5, 0.6) is 0 Å². The van der Waals surface area contributed by atoms with Gasteiger partial charge in [-0.3, -0.25) is 9.59 Å². The summed E-state index contributed by atoms with van der Waals surface area (Å²) in [7, 11) is 0. The van der Waals surface area contributed by atoms with Gasteiger partial charge in [0.1, 0.15) is 0 Å². The van der Waals surface area contributed by atoms with Gasteiger partial charge in [-0.15, -0.1) is 0 Å². The lowest BCUT2D eigenvalue weighted by atomic mass is 10.1. The molecule has 2 aliphatic rings. The number of rotatable bonds is 4. The Bertz CT molecular complexity index is 300. The molecule has 17 heavy (non-hydrogen) atoms. The standard InChI is InChI=1S/C12H20N2O3/c15-11-7-13-9(5-6-12(16)17)8-14(11)10-3-1-2-4-10/h9-10,13H,1-8H2,(H,16,17). The molecule has 0 aromatic heterocycles. The SMILES string of the molecule is O=C(O)CCC1CN(C2CCCC2)C(=O)CN1. The molecule has 1 amide bonds. The maximum atomic E-state index is 11.8. The summed E-state index contributed by atoms with van der Waals surface area (Å²) in [5.74, 6) is -0.598. The van der Waals surface area contributed by atoms with E-state index in [9.17, 15) is 9.59 Å². The van der Waals surface area contributed by atoms with Gasteiger partial charge in [0.05, 0.1) is 6.54 Å². The first kappa shape index (κ1) is 12.4. The highest BCUT2D eigenvalue weighted by Gasteiger charge is 2.31. The molecule has 1 aliphatic carbocycles. The van der Waals surface area contributed by atoms with Crippen LogP contribution in [0.2, 0.25) is 0 Å². The van der Waals surface area contributed by atoms with E-state index >= 15 is 0 Å². The van der Waals surface area contributed by atoms with Gasteiger partial charge in [-0.1, -0.05) is 12.8 Å². The van der Waals surface area contributed by atoms with Gasteiger partial charge in [0.25, 0.3) is 0 Å². The highest BCUT2D eigenvalue weighted by Crippen LogP contribution is 2.25. The third kappa shape index (κ3) is 3.19. The van der Waals surface area contributed by atoms with Crippen molar-refractivity contribution in [3.8, 4) is 0 Å². The monoisotopic (exact) mass is 240 g/mol. The van der Waals surface area contributed by atoms with Gasteiger partial charge >= 0.3 is 5.97 Å². The maximum Gasteiger partial charge on any atom is 0.303 e. The maximum absolute atomic E-state index is 11.8. The third-order valence-electron chi connectivity index (χ3n) is 3.75.